The van der Waals surface area contributed by atoms with E-state index in [9.17, 15) is 20.1 Å². The molecule has 0 aliphatic carbocycles. The maximum absolute atomic E-state index is 9.21. The van der Waals surface area contributed by atoms with Gasteiger partial charge in [-0.15, -0.1) is 0 Å². The topological polar surface area (TPSA) is 80.9 Å². The molecular weight excluding hydrogens is 366 g/mol. The van der Waals surface area contributed by atoms with E-state index in [0.717, 1.165) is 41.6 Å². The third-order valence-corrected chi connectivity index (χ3v) is 5.30. The molecule has 0 fully saturated rings. The van der Waals surface area contributed by atoms with Gasteiger partial charge in [-0.1, -0.05) is 48.5 Å². The average molecular weight is 400 g/mol. The van der Waals surface area contributed by atoms with Crippen LogP contribution in [-0.4, -0.2) is 84.6 Å². The SMILES string of the molecule is C[N+](C)(CCC[N+](C)(C)Cc1ccc(B(O)O)cc1)Cc1ccc(B(O)O)cc1. The summed E-state index contributed by atoms with van der Waals surface area (Å²) >= 11 is 0. The van der Waals surface area contributed by atoms with Crippen molar-refractivity contribution in [2.24, 2.45) is 0 Å². The molecule has 0 aromatic heterocycles. The van der Waals surface area contributed by atoms with Gasteiger partial charge in [0.1, 0.15) is 13.1 Å². The summed E-state index contributed by atoms with van der Waals surface area (Å²) in [4.78, 5) is 0. The van der Waals surface area contributed by atoms with Crippen LogP contribution in [0.25, 0.3) is 0 Å². The number of hydrogen-bond donors (Lipinski definition) is 4. The highest BCUT2D eigenvalue weighted by Gasteiger charge is 2.21. The summed E-state index contributed by atoms with van der Waals surface area (Å²) in [5, 5.41) is 36.8. The molecule has 0 spiro atoms. The summed E-state index contributed by atoms with van der Waals surface area (Å²) in [6.45, 7) is 3.86. The minimum absolute atomic E-state index is 0.514. The normalized spacial score (nSPS) is 12.1. The lowest BCUT2D eigenvalue weighted by atomic mass is 9.80. The van der Waals surface area contributed by atoms with Gasteiger partial charge in [-0.25, -0.2) is 0 Å². The molecule has 0 amide bonds. The zero-order valence-corrected chi connectivity index (χ0v) is 18.0. The van der Waals surface area contributed by atoms with E-state index in [1.807, 2.05) is 24.3 Å². The first kappa shape index (κ1) is 23.6. The lowest BCUT2D eigenvalue weighted by Gasteiger charge is -2.34. The van der Waals surface area contributed by atoms with E-state index in [1.165, 1.54) is 11.1 Å². The fourth-order valence-electron chi connectivity index (χ4n) is 3.66. The van der Waals surface area contributed by atoms with Gasteiger partial charge in [0.25, 0.3) is 0 Å². The summed E-state index contributed by atoms with van der Waals surface area (Å²) in [6, 6.07) is 14.9. The molecule has 0 aliphatic rings. The zero-order chi connectivity index (χ0) is 21.7. The fraction of sp³-hybridized carbons (Fsp3) is 0.429. The molecule has 0 saturated heterocycles. The van der Waals surface area contributed by atoms with Crippen molar-refractivity contribution >= 4 is 25.2 Å². The minimum Gasteiger partial charge on any atom is -0.423 e. The highest BCUT2D eigenvalue weighted by molar-refractivity contribution is 6.58. The number of hydrogen-bond acceptors (Lipinski definition) is 4. The van der Waals surface area contributed by atoms with Gasteiger partial charge >= 0.3 is 14.2 Å². The van der Waals surface area contributed by atoms with Gasteiger partial charge in [0.05, 0.1) is 41.3 Å². The Morgan fingerprint density at radius 3 is 1.17 bits per heavy atom. The smallest absolute Gasteiger partial charge is 0.423 e. The van der Waals surface area contributed by atoms with Crippen molar-refractivity contribution in [3.8, 4) is 0 Å². The van der Waals surface area contributed by atoms with Crippen LogP contribution in [0.3, 0.4) is 0 Å². The zero-order valence-electron chi connectivity index (χ0n) is 18.0. The second kappa shape index (κ2) is 9.89. The Balaban J connectivity index is 1.84. The molecule has 0 saturated carbocycles. The Hall–Kier alpha value is -1.67. The molecule has 2 rings (SSSR count). The minimum atomic E-state index is -1.42. The van der Waals surface area contributed by atoms with Crippen molar-refractivity contribution in [1.82, 2.24) is 0 Å². The lowest BCUT2D eigenvalue weighted by Crippen LogP contribution is -2.44. The van der Waals surface area contributed by atoms with Crippen LogP contribution < -0.4 is 10.9 Å². The molecule has 4 N–H and O–H groups in total. The first-order valence-corrected chi connectivity index (χ1v) is 10.0. The van der Waals surface area contributed by atoms with E-state index < -0.39 is 14.2 Å². The van der Waals surface area contributed by atoms with Gasteiger partial charge in [0, 0.05) is 17.5 Å². The van der Waals surface area contributed by atoms with Crippen LogP contribution in [-0.2, 0) is 13.1 Å². The Morgan fingerprint density at radius 1 is 0.586 bits per heavy atom. The van der Waals surface area contributed by atoms with Crippen LogP contribution in [0.15, 0.2) is 48.5 Å². The molecule has 2 aromatic carbocycles. The summed E-state index contributed by atoms with van der Waals surface area (Å²) in [5.74, 6) is 0. The largest absolute Gasteiger partial charge is 0.488 e. The highest BCUT2D eigenvalue weighted by Crippen LogP contribution is 2.13. The average Bonchev–Trinajstić information content (AvgIpc) is 2.61. The molecule has 0 heterocycles. The third kappa shape index (κ3) is 7.93. The van der Waals surface area contributed by atoms with Gasteiger partial charge in [-0.05, 0) is 10.9 Å². The van der Waals surface area contributed by atoms with Gasteiger partial charge in [0.2, 0.25) is 0 Å². The van der Waals surface area contributed by atoms with E-state index in [0.29, 0.717) is 10.9 Å². The first-order chi connectivity index (χ1) is 13.5. The number of benzene rings is 2. The molecule has 0 radical (unpaired) electrons. The van der Waals surface area contributed by atoms with Crippen LogP contribution >= 0.6 is 0 Å². The van der Waals surface area contributed by atoms with Crippen molar-refractivity contribution in [2.45, 2.75) is 19.5 Å². The van der Waals surface area contributed by atoms with Crippen LogP contribution in [0.1, 0.15) is 17.5 Å². The molecule has 8 heteroatoms. The number of rotatable bonds is 10. The predicted molar refractivity (Wildman–Crippen MR) is 119 cm³/mol. The maximum Gasteiger partial charge on any atom is 0.488 e. The van der Waals surface area contributed by atoms with E-state index in [2.05, 4.69) is 28.2 Å². The van der Waals surface area contributed by atoms with Crippen molar-refractivity contribution < 1.29 is 29.1 Å². The number of quaternary nitrogens is 2. The second-order valence-electron chi connectivity index (χ2n) is 9.22. The summed E-state index contributed by atoms with van der Waals surface area (Å²) in [6.07, 6.45) is 1.08. The van der Waals surface area contributed by atoms with Gasteiger partial charge in [0.15, 0.2) is 0 Å². The van der Waals surface area contributed by atoms with E-state index >= 15 is 0 Å². The maximum atomic E-state index is 9.21. The monoisotopic (exact) mass is 400 g/mol. The molecule has 0 unspecified atom stereocenters. The first-order valence-electron chi connectivity index (χ1n) is 10.0. The number of nitrogens with zero attached hydrogens (tertiary/aromatic N) is 2. The molecule has 0 bridgehead atoms. The molecule has 29 heavy (non-hydrogen) atoms. The Labute approximate surface area is 175 Å². The van der Waals surface area contributed by atoms with Crippen LogP contribution in [0.4, 0.5) is 0 Å². The molecule has 6 nitrogen and oxygen atoms in total. The van der Waals surface area contributed by atoms with Crippen molar-refractivity contribution in [2.75, 3.05) is 41.3 Å². The van der Waals surface area contributed by atoms with Crippen LogP contribution in [0.2, 0.25) is 0 Å². The molecule has 156 valence electrons. The molecule has 2 aromatic rings. The van der Waals surface area contributed by atoms with Gasteiger partial charge in [-0.2, -0.15) is 0 Å². The standard InChI is InChI=1S/C21H34B2N2O4/c1-24(2,16-18-6-10-20(11-7-18)22(26)27)14-5-15-25(3,4)17-19-8-12-21(13-9-19)23(28)29/h6-13,26-29H,5,14-17H2,1-4H3/q+2. The Morgan fingerprint density at radius 2 is 0.897 bits per heavy atom. The molecular formula is C21H34B2N2O4+2. The van der Waals surface area contributed by atoms with Crippen molar-refractivity contribution in [1.29, 1.82) is 0 Å². The van der Waals surface area contributed by atoms with Crippen molar-refractivity contribution in [3.05, 3.63) is 59.7 Å². The highest BCUT2D eigenvalue weighted by atomic mass is 16.4. The summed E-state index contributed by atoms with van der Waals surface area (Å²) < 4.78 is 1.73. The summed E-state index contributed by atoms with van der Waals surface area (Å²) in [5.41, 5.74) is 3.39. The van der Waals surface area contributed by atoms with E-state index in [1.54, 1.807) is 24.3 Å². The van der Waals surface area contributed by atoms with Crippen molar-refractivity contribution in [3.63, 3.8) is 0 Å². The van der Waals surface area contributed by atoms with E-state index in [-0.39, 0.29) is 0 Å². The molecule has 0 aliphatic heterocycles. The van der Waals surface area contributed by atoms with Crippen LogP contribution in [0, 0.1) is 0 Å². The Bertz CT molecular complexity index is 698. The fourth-order valence-corrected chi connectivity index (χ4v) is 3.66. The predicted octanol–water partition coefficient (Wildman–Crippen LogP) is -0.711. The van der Waals surface area contributed by atoms with E-state index in [4.69, 9.17) is 0 Å². The third-order valence-electron chi connectivity index (χ3n) is 5.30. The molecule has 0 atom stereocenters. The second-order valence-corrected chi connectivity index (χ2v) is 9.22. The van der Waals surface area contributed by atoms with Gasteiger partial charge in [-0.3, -0.25) is 0 Å². The van der Waals surface area contributed by atoms with Gasteiger partial charge < -0.3 is 29.1 Å². The Kier molecular flexibility index (Phi) is 8.05. The quantitative estimate of drug-likeness (QED) is 0.314. The lowest BCUT2D eigenvalue weighted by molar-refractivity contribution is -0.922. The summed E-state index contributed by atoms with van der Waals surface area (Å²) in [7, 11) is 6.02. The van der Waals surface area contributed by atoms with Crippen LogP contribution in [0.5, 0.6) is 0 Å².